The minimum absolute atomic E-state index is 0.585. The molecule has 1 saturated carbocycles. The maximum absolute atomic E-state index is 4.11. The van der Waals surface area contributed by atoms with Crippen LogP contribution in [0, 0.1) is 5.92 Å². The zero-order chi connectivity index (χ0) is 9.47. The molecule has 0 radical (unpaired) electrons. The van der Waals surface area contributed by atoms with E-state index in [2.05, 4.69) is 25.5 Å². The second-order valence-electron chi connectivity index (χ2n) is 5.04. The van der Waals surface area contributed by atoms with Crippen molar-refractivity contribution in [2.24, 2.45) is 5.92 Å². The molecule has 1 aliphatic carbocycles. The lowest BCUT2D eigenvalue weighted by Gasteiger charge is -2.54. The summed E-state index contributed by atoms with van der Waals surface area (Å²) < 4.78 is 0. The van der Waals surface area contributed by atoms with E-state index in [1.807, 2.05) is 0 Å². The van der Waals surface area contributed by atoms with E-state index in [9.17, 15) is 0 Å². The number of nitrogens with zero attached hydrogens (tertiary/aromatic N) is 1. The van der Waals surface area contributed by atoms with E-state index in [1.54, 1.807) is 0 Å². The third-order valence-corrected chi connectivity index (χ3v) is 4.23. The van der Waals surface area contributed by atoms with Crippen LogP contribution < -0.4 is 0 Å². The lowest BCUT2D eigenvalue weighted by atomic mass is 9.66. The SMILES string of the molecule is C=C(C)C1CCN(C)C2(CCC2)C1. The van der Waals surface area contributed by atoms with Crippen LogP contribution in [-0.2, 0) is 0 Å². The molecule has 1 aliphatic heterocycles. The summed E-state index contributed by atoms with van der Waals surface area (Å²) >= 11 is 0. The van der Waals surface area contributed by atoms with E-state index in [4.69, 9.17) is 0 Å². The maximum atomic E-state index is 4.11. The van der Waals surface area contributed by atoms with E-state index in [1.165, 1.54) is 44.2 Å². The van der Waals surface area contributed by atoms with Gasteiger partial charge in [0.2, 0.25) is 0 Å². The molecule has 0 bridgehead atoms. The fourth-order valence-corrected chi connectivity index (χ4v) is 2.89. The van der Waals surface area contributed by atoms with Gasteiger partial charge >= 0.3 is 0 Å². The Kier molecular flexibility index (Phi) is 2.23. The van der Waals surface area contributed by atoms with Gasteiger partial charge in [-0.25, -0.2) is 0 Å². The van der Waals surface area contributed by atoms with Gasteiger partial charge in [0.05, 0.1) is 0 Å². The summed E-state index contributed by atoms with van der Waals surface area (Å²) in [6, 6.07) is 0. The minimum atomic E-state index is 0.585. The molecule has 0 N–H and O–H groups in total. The third kappa shape index (κ3) is 1.43. The normalized spacial score (nSPS) is 32.9. The van der Waals surface area contributed by atoms with Gasteiger partial charge in [0, 0.05) is 5.54 Å². The van der Waals surface area contributed by atoms with E-state index in [0.29, 0.717) is 5.54 Å². The lowest BCUT2D eigenvalue weighted by molar-refractivity contribution is -0.0123. The highest BCUT2D eigenvalue weighted by atomic mass is 15.2. The van der Waals surface area contributed by atoms with E-state index in [0.717, 1.165) is 5.92 Å². The number of hydrogen-bond donors (Lipinski definition) is 0. The molecule has 74 valence electrons. The zero-order valence-corrected chi connectivity index (χ0v) is 8.97. The average Bonchev–Trinajstić information content (AvgIpc) is 2.02. The molecule has 1 atom stereocenters. The summed E-state index contributed by atoms with van der Waals surface area (Å²) in [7, 11) is 2.30. The Bertz CT molecular complexity index is 215. The van der Waals surface area contributed by atoms with Gasteiger partial charge < -0.3 is 4.90 Å². The Labute approximate surface area is 81.8 Å². The van der Waals surface area contributed by atoms with Gasteiger partial charge in [-0.05, 0) is 58.5 Å². The van der Waals surface area contributed by atoms with Crippen LogP contribution in [0.25, 0.3) is 0 Å². The maximum Gasteiger partial charge on any atom is 0.0212 e. The van der Waals surface area contributed by atoms with Crippen LogP contribution in [0.15, 0.2) is 12.2 Å². The molecule has 0 amide bonds. The average molecular weight is 179 g/mol. The highest BCUT2D eigenvalue weighted by Gasteiger charge is 2.44. The van der Waals surface area contributed by atoms with Crippen molar-refractivity contribution in [2.45, 2.75) is 44.6 Å². The highest BCUT2D eigenvalue weighted by molar-refractivity contribution is 5.08. The van der Waals surface area contributed by atoms with E-state index >= 15 is 0 Å². The number of likely N-dealkylation sites (tertiary alicyclic amines) is 1. The second kappa shape index (κ2) is 3.13. The fourth-order valence-electron chi connectivity index (χ4n) is 2.89. The van der Waals surface area contributed by atoms with Crippen LogP contribution in [0.1, 0.15) is 39.0 Å². The van der Waals surface area contributed by atoms with Gasteiger partial charge in [-0.1, -0.05) is 12.2 Å². The van der Waals surface area contributed by atoms with E-state index in [-0.39, 0.29) is 0 Å². The van der Waals surface area contributed by atoms with Gasteiger partial charge in [0.15, 0.2) is 0 Å². The van der Waals surface area contributed by atoms with Crippen LogP contribution in [0.2, 0.25) is 0 Å². The first-order valence-corrected chi connectivity index (χ1v) is 5.51. The molecule has 1 unspecified atom stereocenters. The zero-order valence-electron chi connectivity index (χ0n) is 8.97. The van der Waals surface area contributed by atoms with Crippen LogP contribution in [0.3, 0.4) is 0 Å². The smallest absolute Gasteiger partial charge is 0.0212 e. The van der Waals surface area contributed by atoms with Crippen molar-refractivity contribution in [3.63, 3.8) is 0 Å². The molecule has 0 aromatic rings. The molecule has 13 heavy (non-hydrogen) atoms. The Morgan fingerprint density at radius 3 is 2.62 bits per heavy atom. The Morgan fingerprint density at radius 2 is 2.15 bits per heavy atom. The summed E-state index contributed by atoms with van der Waals surface area (Å²) in [4.78, 5) is 2.59. The monoisotopic (exact) mass is 179 g/mol. The predicted molar refractivity (Wildman–Crippen MR) is 56.8 cm³/mol. The Morgan fingerprint density at radius 1 is 1.46 bits per heavy atom. The molecule has 1 spiro atoms. The quantitative estimate of drug-likeness (QED) is 0.559. The van der Waals surface area contributed by atoms with Gasteiger partial charge in [0.1, 0.15) is 0 Å². The standard InChI is InChI=1S/C12H21N/c1-10(2)11-5-8-13(3)12(9-11)6-4-7-12/h11H,1,4-9H2,2-3H3. The van der Waals surface area contributed by atoms with Crippen molar-refractivity contribution in [1.29, 1.82) is 0 Å². The molecule has 2 aliphatic rings. The van der Waals surface area contributed by atoms with Gasteiger partial charge in [-0.3, -0.25) is 0 Å². The van der Waals surface area contributed by atoms with Crippen molar-refractivity contribution in [2.75, 3.05) is 13.6 Å². The molecular formula is C12H21N. The topological polar surface area (TPSA) is 3.24 Å². The number of allylic oxidation sites excluding steroid dienone is 1. The summed E-state index contributed by atoms with van der Waals surface area (Å²) in [5.74, 6) is 0.802. The van der Waals surface area contributed by atoms with Gasteiger partial charge in [-0.2, -0.15) is 0 Å². The van der Waals surface area contributed by atoms with Crippen LogP contribution >= 0.6 is 0 Å². The van der Waals surface area contributed by atoms with Crippen LogP contribution in [-0.4, -0.2) is 24.0 Å². The van der Waals surface area contributed by atoms with Crippen LogP contribution in [0.5, 0.6) is 0 Å². The molecule has 1 heterocycles. The van der Waals surface area contributed by atoms with Crippen molar-refractivity contribution in [3.8, 4) is 0 Å². The molecule has 2 fully saturated rings. The Balaban J connectivity index is 2.05. The summed E-state index contributed by atoms with van der Waals surface area (Å²) in [5.41, 5.74) is 1.99. The van der Waals surface area contributed by atoms with Gasteiger partial charge in [-0.15, -0.1) is 0 Å². The number of hydrogen-bond acceptors (Lipinski definition) is 1. The van der Waals surface area contributed by atoms with Crippen molar-refractivity contribution in [1.82, 2.24) is 4.90 Å². The molecule has 0 aromatic carbocycles. The third-order valence-electron chi connectivity index (χ3n) is 4.23. The highest BCUT2D eigenvalue weighted by Crippen LogP contribution is 2.46. The summed E-state index contributed by atoms with van der Waals surface area (Å²) in [6.45, 7) is 7.58. The van der Waals surface area contributed by atoms with Crippen molar-refractivity contribution in [3.05, 3.63) is 12.2 Å². The van der Waals surface area contributed by atoms with E-state index < -0.39 is 0 Å². The van der Waals surface area contributed by atoms with Crippen molar-refractivity contribution >= 4 is 0 Å². The molecule has 1 heteroatoms. The fraction of sp³-hybridized carbons (Fsp3) is 0.833. The molecule has 1 saturated heterocycles. The van der Waals surface area contributed by atoms with Crippen molar-refractivity contribution < 1.29 is 0 Å². The first kappa shape index (κ1) is 9.26. The van der Waals surface area contributed by atoms with Gasteiger partial charge in [0.25, 0.3) is 0 Å². The summed E-state index contributed by atoms with van der Waals surface area (Å²) in [6.07, 6.45) is 6.99. The van der Waals surface area contributed by atoms with Crippen LogP contribution in [0.4, 0.5) is 0 Å². The molecule has 2 rings (SSSR count). The second-order valence-corrected chi connectivity index (χ2v) is 5.04. The lowest BCUT2D eigenvalue weighted by Crippen LogP contribution is -2.56. The minimum Gasteiger partial charge on any atom is -0.301 e. The summed E-state index contributed by atoms with van der Waals surface area (Å²) in [5, 5.41) is 0. The molecule has 0 aromatic heterocycles. The predicted octanol–water partition coefficient (Wildman–Crippen LogP) is 2.83. The number of rotatable bonds is 1. The molecular weight excluding hydrogens is 158 g/mol. The first-order chi connectivity index (χ1) is 6.14. The Hall–Kier alpha value is -0.300. The first-order valence-electron chi connectivity index (χ1n) is 5.51. The number of piperidine rings is 1. The largest absolute Gasteiger partial charge is 0.301 e. The molecule has 1 nitrogen and oxygen atoms in total.